The highest BCUT2D eigenvalue weighted by atomic mass is 16.4. The van der Waals surface area contributed by atoms with Gasteiger partial charge in [-0.1, -0.05) is 50.2 Å². The lowest BCUT2D eigenvalue weighted by Crippen LogP contribution is -2.05. The molecule has 106 valence electrons. The maximum absolute atomic E-state index is 11.1. The second kappa shape index (κ2) is 5.01. The zero-order chi connectivity index (χ0) is 15.0. The summed E-state index contributed by atoms with van der Waals surface area (Å²) >= 11 is 0. The predicted molar refractivity (Wildman–Crippen MR) is 79.9 cm³/mol. The van der Waals surface area contributed by atoms with Crippen LogP contribution in [-0.2, 0) is 0 Å². The van der Waals surface area contributed by atoms with Crippen molar-refractivity contribution >= 4 is 16.7 Å². The van der Waals surface area contributed by atoms with Gasteiger partial charge in [0, 0.05) is 11.3 Å². The van der Waals surface area contributed by atoms with E-state index in [0.29, 0.717) is 5.82 Å². The zero-order valence-corrected chi connectivity index (χ0v) is 11.8. The Labute approximate surface area is 121 Å². The highest BCUT2D eigenvalue weighted by Gasteiger charge is 2.19. The number of hydrogen-bond donors (Lipinski definition) is 1. The van der Waals surface area contributed by atoms with Crippen LogP contribution in [0.4, 0.5) is 0 Å². The topological polar surface area (TPSA) is 68.0 Å². The highest BCUT2D eigenvalue weighted by molar-refractivity contribution is 5.90. The fourth-order valence-corrected chi connectivity index (χ4v) is 2.36. The molecule has 1 aromatic heterocycles. The lowest BCUT2D eigenvalue weighted by atomic mass is 10.1. The Morgan fingerprint density at radius 2 is 1.86 bits per heavy atom. The first-order chi connectivity index (χ1) is 10.1. The molecule has 21 heavy (non-hydrogen) atoms. The number of carbonyl (C=O) groups is 1. The summed E-state index contributed by atoms with van der Waals surface area (Å²) in [5.74, 6) is -0.573. The van der Waals surface area contributed by atoms with Gasteiger partial charge in [0.1, 0.15) is 5.82 Å². The molecule has 1 heterocycles. The van der Waals surface area contributed by atoms with E-state index in [2.05, 4.69) is 10.1 Å². The van der Waals surface area contributed by atoms with E-state index in [-0.39, 0.29) is 11.7 Å². The van der Waals surface area contributed by atoms with Crippen molar-refractivity contribution < 1.29 is 9.90 Å². The Morgan fingerprint density at radius 3 is 2.57 bits per heavy atom. The van der Waals surface area contributed by atoms with Crippen LogP contribution in [-0.4, -0.2) is 25.8 Å². The van der Waals surface area contributed by atoms with Gasteiger partial charge in [-0.2, -0.15) is 0 Å². The molecular formula is C16H15N3O2. The van der Waals surface area contributed by atoms with Gasteiger partial charge < -0.3 is 5.11 Å². The third kappa shape index (κ3) is 2.27. The molecule has 3 rings (SSSR count). The van der Waals surface area contributed by atoms with Crippen LogP contribution in [0.2, 0.25) is 0 Å². The Morgan fingerprint density at radius 1 is 1.14 bits per heavy atom. The monoisotopic (exact) mass is 281 g/mol. The molecule has 0 atom stereocenters. The van der Waals surface area contributed by atoms with Crippen molar-refractivity contribution in [1.82, 2.24) is 14.8 Å². The summed E-state index contributed by atoms with van der Waals surface area (Å²) in [5.41, 5.74) is 0.844. The summed E-state index contributed by atoms with van der Waals surface area (Å²) in [6.07, 6.45) is 0. The van der Waals surface area contributed by atoms with Crippen molar-refractivity contribution in [3.8, 4) is 5.69 Å². The molecule has 0 saturated heterocycles. The minimum atomic E-state index is -1.11. The lowest BCUT2D eigenvalue weighted by Gasteiger charge is -2.10. The van der Waals surface area contributed by atoms with Gasteiger partial charge in [0.15, 0.2) is 0 Å². The molecule has 0 radical (unpaired) electrons. The molecule has 5 nitrogen and oxygen atoms in total. The van der Waals surface area contributed by atoms with E-state index in [1.54, 1.807) is 4.68 Å². The number of rotatable bonds is 3. The van der Waals surface area contributed by atoms with E-state index in [4.69, 9.17) is 5.11 Å². The van der Waals surface area contributed by atoms with E-state index in [1.165, 1.54) is 0 Å². The molecule has 3 aromatic rings. The van der Waals surface area contributed by atoms with Crippen LogP contribution in [0.25, 0.3) is 16.5 Å². The summed E-state index contributed by atoms with van der Waals surface area (Å²) < 4.78 is 1.64. The maximum Gasteiger partial charge on any atom is 0.375 e. The summed E-state index contributed by atoms with van der Waals surface area (Å²) in [6, 6.07) is 13.8. The minimum Gasteiger partial charge on any atom is -0.475 e. The molecule has 0 aliphatic heterocycles. The van der Waals surface area contributed by atoms with Crippen molar-refractivity contribution in [1.29, 1.82) is 0 Å². The summed E-state index contributed by atoms with van der Waals surface area (Å²) in [5, 5.41) is 15.4. The predicted octanol–water partition coefficient (Wildman–Crippen LogP) is 3.24. The normalized spacial score (nSPS) is 11.2. The molecule has 0 spiro atoms. The summed E-state index contributed by atoms with van der Waals surface area (Å²) in [4.78, 5) is 15.3. The van der Waals surface area contributed by atoms with Crippen LogP contribution >= 0.6 is 0 Å². The number of fused-ring (bicyclic) bond motifs is 1. The number of hydrogen-bond acceptors (Lipinski definition) is 3. The number of carboxylic acids is 1. The molecule has 0 unspecified atom stereocenters. The fourth-order valence-electron chi connectivity index (χ4n) is 2.36. The Hall–Kier alpha value is -2.69. The van der Waals surface area contributed by atoms with Crippen molar-refractivity contribution in [2.24, 2.45) is 0 Å². The number of nitrogens with zero attached hydrogens (tertiary/aromatic N) is 3. The number of aromatic carboxylic acids is 1. The Balaban J connectivity index is 2.29. The first kappa shape index (κ1) is 13.3. The van der Waals surface area contributed by atoms with Gasteiger partial charge >= 0.3 is 5.97 Å². The van der Waals surface area contributed by atoms with Crippen LogP contribution in [0.15, 0.2) is 42.5 Å². The molecule has 0 aliphatic rings. The van der Waals surface area contributed by atoms with E-state index >= 15 is 0 Å². The number of carboxylic acid groups (broad SMARTS) is 1. The molecule has 1 N–H and O–H groups in total. The van der Waals surface area contributed by atoms with E-state index in [9.17, 15) is 4.79 Å². The Kier molecular flexibility index (Phi) is 3.17. The van der Waals surface area contributed by atoms with Gasteiger partial charge in [-0.25, -0.2) is 14.5 Å². The summed E-state index contributed by atoms with van der Waals surface area (Å²) in [7, 11) is 0. The molecule has 0 fully saturated rings. The lowest BCUT2D eigenvalue weighted by molar-refractivity contribution is 0.0683. The first-order valence-electron chi connectivity index (χ1n) is 6.76. The van der Waals surface area contributed by atoms with Crippen molar-refractivity contribution in [2.75, 3.05) is 0 Å². The standard InChI is InChI=1S/C16H15N3O2/c1-10(2)15-17-14(16(20)21)18-19(15)13-9-5-7-11-6-3-4-8-12(11)13/h3-10H,1-2H3,(H,20,21). The van der Waals surface area contributed by atoms with Crippen LogP contribution in [0.5, 0.6) is 0 Å². The molecule has 0 amide bonds. The molecular weight excluding hydrogens is 266 g/mol. The maximum atomic E-state index is 11.1. The first-order valence-corrected chi connectivity index (χ1v) is 6.76. The van der Waals surface area contributed by atoms with Gasteiger partial charge in [-0.15, -0.1) is 5.10 Å². The quantitative estimate of drug-likeness (QED) is 0.800. The zero-order valence-electron chi connectivity index (χ0n) is 11.8. The second-order valence-corrected chi connectivity index (χ2v) is 5.16. The van der Waals surface area contributed by atoms with E-state index in [0.717, 1.165) is 16.5 Å². The summed E-state index contributed by atoms with van der Waals surface area (Å²) in [6.45, 7) is 3.94. The van der Waals surface area contributed by atoms with Crippen molar-refractivity contribution in [3.63, 3.8) is 0 Å². The van der Waals surface area contributed by atoms with Crippen molar-refractivity contribution in [3.05, 3.63) is 54.1 Å². The van der Waals surface area contributed by atoms with Gasteiger partial charge in [-0.3, -0.25) is 0 Å². The van der Waals surface area contributed by atoms with E-state index < -0.39 is 5.97 Å². The number of aromatic nitrogens is 3. The third-order valence-corrected chi connectivity index (χ3v) is 3.33. The largest absolute Gasteiger partial charge is 0.475 e. The van der Waals surface area contributed by atoms with Crippen LogP contribution < -0.4 is 0 Å². The minimum absolute atomic E-state index is 0.0737. The third-order valence-electron chi connectivity index (χ3n) is 3.33. The van der Waals surface area contributed by atoms with Crippen molar-refractivity contribution in [2.45, 2.75) is 19.8 Å². The molecule has 2 aromatic carbocycles. The van der Waals surface area contributed by atoms with Gasteiger partial charge in [-0.05, 0) is 11.5 Å². The number of benzene rings is 2. The smallest absolute Gasteiger partial charge is 0.375 e. The Bertz CT molecular complexity index is 816. The average molecular weight is 281 g/mol. The van der Waals surface area contributed by atoms with E-state index in [1.807, 2.05) is 56.3 Å². The molecule has 5 heteroatoms. The van der Waals surface area contributed by atoms with Gasteiger partial charge in [0.05, 0.1) is 5.69 Å². The van der Waals surface area contributed by atoms with Crippen LogP contribution in [0.3, 0.4) is 0 Å². The SMILES string of the molecule is CC(C)c1nc(C(=O)O)nn1-c1cccc2ccccc12. The second-order valence-electron chi connectivity index (χ2n) is 5.16. The van der Waals surface area contributed by atoms with Crippen LogP contribution in [0.1, 0.15) is 36.2 Å². The highest BCUT2D eigenvalue weighted by Crippen LogP contribution is 2.25. The fraction of sp³-hybridized carbons (Fsp3) is 0.188. The van der Waals surface area contributed by atoms with Crippen LogP contribution in [0, 0.1) is 0 Å². The average Bonchev–Trinajstić information content (AvgIpc) is 2.92. The van der Waals surface area contributed by atoms with Gasteiger partial charge in [0.2, 0.25) is 0 Å². The molecule has 0 bridgehead atoms. The molecule has 0 aliphatic carbocycles. The molecule has 0 saturated carbocycles. The van der Waals surface area contributed by atoms with Gasteiger partial charge in [0.25, 0.3) is 5.82 Å².